The van der Waals surface area contributed by atoms with E-state index in [0.29, 0.717) is 44.0 Å². The van der Waals surface area contributed by atoms with Crippen LogP contribution in [0.5, 0.6) is 11.5 Å². The molecular formula is C23H29ClF3NO3. The monoisotopic (exact) mass is 459 g/mol. The number of likely N-dealkylation sites (tertiary alicyclic amines) is 1. The maximum atomic E-state index is 13.1. The van der Waals surface area contributed by atoms with Gasteiger partial charge in [-0.1, -0.05) is 37.6 Å². The number of aliphatic hydroxyl groups is 1. The third-order valence-corrected chi connectivity index (χ3v) is 5.68. The number of hydrogen-bond acceptors (Lipinski definition) is 4. The normalized spacial score (nSPS) is 16.3. The Labute approximate surface area is 186 Å². The van der Waals surface area contributed by atoms with E-state index >= 15 is 0 Å². The van der Waals surface area contributed by atoms with Crippen LogP contribution in [0, 0.1) is 0 Å². The summed E-state index contributed by atoms with van der Waals surface area (Å²) in [5.41, 5.74) is -0.949. The van der Waals surface area contributed by atoms with E-state index in [2.05, 4.69) is 4.90 Å². The van der Waals surface area contributed by atoms with Gasteiger partial charge in [-0.25, -0.2) is 0 Å². The van der Waals surface area contributed by atoms with Crippen LogP contribution >= 0.6 is 11.6 Å². The molecule has 1 aliphatic heterocycles. The van der Waals surface area contributed by atoms with Crippen molar-refractivity contribution < 1.29 is 27.8 Å². The molecule has 0 atom stereocenters. The summed E-state index contributed by atoms with van der Waals surface area (Å²) in [6.45, 7) is 5.74. The Morgan fingerprint density at radius 3 is 2.16 bits per heavy atom. The highest BCUT2D eigenvalue weighted by Crippen LogP contribution is 2.40. The zero-order valence-corrected chi connectivity index (χ0v) is 19.0. The van der Waals surface area contributed by atoms with Crippen LogP contribution in [-0.2, 0) is 18.3 Å². The first-order chi connectivity index (χ1) is 14.7. The molecule has 2 aromatic carbocycles. The van der Waals surface area contributed by atoms with E-state index in [0.717, 1.165) is 11.6 Å². The van der Waals surface area contributed by atoms with Crippen molar-refractivity contribution in [1.82, 2.24) is 4.90 Å². The topological polar surface area (TPSA) is 41.9 Å². The number of piperidine rings is 1. The van der Waals surface area contributed by atoms with E-state index in [1.807, 2.05) is 32.0 Å². The fourth-order valence-corrected chi connectivity index (χ4v) is 3.86. The first-order valence-corrected chi connectivity index (χ1v) is 10.6. The predicted octanol–water partition coefficient (Wildman–Crippen LogP) is 5.89. The number of ether oxygens (including phenoxy) is 2. The van der Waals surface area contributed by atoms with Crippen LogP contribution in [0.4, 0.5) is 13.2 Å². The van der Waals surface area contributed by atoms with Gasteiger partial charge in [-0.05, 0) is 48.2 Å². The zero-order valence-electron chi connectivity index (χ0n) is 18.2. The molecular weight excluding hydrogens is 431 g/mol. The van der Waals surface area contributed by atoms with Crippen LogP contribution in [0.1, 0.15) is 43.4 Å². The maximum absolute atomic E-state index is 13.1. The summed E-state index contributed by atoms with van der Waals surface area (Å²) >= 11 is 5.70. The minimum Gasteiger partial charge on any atom is -0.493 e. The molecule has 172 valence electrons. The minimum atomic E-state index is -4.56. The van der Waals surface area contributed by atoms with E-state index in [-0.39, 0.29) is 10.6 Å². The molecule has 1 fully saturated rings. The molecule has 1 saturated heterocycles. The van der Waals surface area contributed by atoms with Crippen molar-refractivity contribution in [2.45, 2.75) is 45.0 Å². The molecule has 1 N–H and O–H groups in total. The highest BCUT2D eigenvalue weighted by atomic mass is 35.5. The van der Waals surface area contributed by atoms with Gasteiger partial charge in [-0.3, -0.25) is 4.90 Å². The van der Waals surface area contributed by atoms with E-state index < -0.39 is 17.3 Å². The first-order valence-electron chi connectivity index (χ1n) is 10.2. The van der Waals surface area contributed by atoms with Gasteiger partial charge < -0.3 is 14.6 Å². The molecule has 31 heavy (non-hydrogen) atoms. The molecule has 0 amide bonds. The third kappa shape index (κ3) is 6.05. The Hall–Kier alpha value is -1.96. The summed E-state index contributed by atoms with van der Waals surface area (Å²) in [5, 5.41) is 10.6. The molecule has 1 aliphatic rings. The highest BCUT2D eigenvalue weighted by Gasteiger charge is 2.38. The SMILES string of the molecule is CC.COc1ccc(CN2CCC(O)(c3ccc(Cl)c(C(F)(F)F)c3)CC2)cc1OC. The van der Waals surface area contributed by atoms with Crippen LogP contribution in [0.15, 0.2) is 36.4 Å². The van der Waals surface area contributed by atoms with Crippen molar-refractivity contribution in [2.24, 2.45) is 0 Å². The molecule has 0 radical (unpaired) electrons. The Kier molecular flexibility index (Phi) is 8.63. The molecule has 2 aromatic rings. The van der Waals surface area contributed by atoms with Gasteiger partial charge in [0, 0.05) is 19.6 Å². The van der Waals surface area contributed by atoms with E-state index in [9.17, 15) is 18.3 Å². The number of halogens is 4. The Morgan fingerprint density at radius 2 is 1.61 bits per heavy atom. The van der Waals surface area contributed by atoms with E-state index in [1.54, 1.807) is 14.2 Å². The van der Waals surface area contributed by atoms with Gasteiger partial charge >= 0.3 is 6.18 Å². The van der Waals surface area contributed by atoms with Crippen molar-refractivity contribution in [3.8, 4) is 11.5 Å². The van der Waals surface area contributed by atoms with Gasteiger partial charge in [0.1, 0.15) is 0 Å². The van der Waals surface area contributed by atoms with E-state index in [1.165, 1.54) is 12.1 Å². The van der Waals surface area contributed by atoms with Crippen molar-refractivity contribution in [1.29, 1.82) is 0 Å². The van der Waals surface area contributed by atoms with Gasteiger partial charge in [-0.15, -0.1) is 0 Å². The summed E-state index contributed by atoms with van der Waals surface area (Å²) in [4.78, 5) is 2.15. The largest absolute Gasteiger partial charge is 0.493 e. The number of alkyl halides is 3. The van der Waals surface area contributed by atoms with Crippen molar-refractivity contribution in [2.75, 3.05) is 27.3 Å². The smallest absolute Gasteiger partial charge is 0.417 e. The van der Waals surface area contributed by atoms with Crippen LogP contribution in [0.2, 0.25) is 5.02 Å². The predicted molar refractivity (Wildman–Crippen MR) is 116 cm³/mol. The van der Waals surface area contributed by atoms with Gasteiger partial charge in [0.15, 0.2) is 11.5 Å². The van der Waals surface area contributed by atoms with Crippen molar-refractivity contribution in [3.05, 3.63) is 58.1 Å². The average Bonchev–Trinajstić information content (AvgIpc) is 2.76. The molecule has 3 rings (SSSR count). The highest BCUT2D eigenvalue weighted by molar-refractivity contribution is 6.31. The van der Waals surface area contributed by atoms with Crippen LogP contribution in [0.25, 0.3) is 0 Å². The van der Waals surface area contributed by atoms with Crippen LogP contribution in [0.3, 0.4) is 0 Å². The molecule has 0 unspecified atom stereocenters. The second-order valence-corrected chi connectivity index (χ2v) is 7.60. The lowest BCUT2D eigenvalue weighted by Crippen LogP contribution is -2.42. The van der Waals surface area contributed by atoms with Gasteiger partial charge in [-0.2, -0.15) is 13.2 Å². The second kappa shape index (κ2) is 10.6. The van der Waals surface area contributed by atoms with Crippen LogP contribution in [-0.4, -0.2) is 37.3 Å². The lowest BCUT2D eigenvalue weighted by Gasteiger charge is -2.39. The van der Waals surface area contributed by atoms with Crippen molar-refractivity contribution in [3.63, 3.8) is 0 Å². The summed E-state index contributed by atoms with van der Waals surface area (Å²) in [7, 11) is 3.15. The molecule has 0 aromatic heterocycles. The third-order valence-electron chi connectivity index (χ3n) is 5.35. The number of rotatable bonds is 5. The van der Waals surface area contributed by atoms with Crippen molar-refractivity contribution >= 4 is 11.6 Å². The second-order valence-electron chi connectivity index (χ2n) is 7.19. The minimum absolute atomic E-state index is 0.250. The van der Waals surface area contributed by atoms with Gasteiger partial charge in [0.2, 0.25) is 0 Å². The maximum Gasteiger partial charge on any atom is 0.417 e. The fraction of sp³-hybridized carbons (Fsp3) is 0.478. The molecule has 0 aliphatic carbocycles. The molecule has 0 spiro atoms. The first kappa shape index (κ1) is 25.3. The molecule has 8 heteroatoms. The lowest BCUT2D eigenvalue weighted by atomic mass is 9.83. The van der Waals surface area contributed by atoms with E-state index in [4.69, 9.17) is 21.1 Å². The Bertz CT molecular complexity index is 866. The number of benzene rings is 2. The molecule has 0 saturated carbocycles. The molecule has 4 nitrogen and oxygen atoms in total. The zero-order chi connectivity index (χ0) is 23.2. The number of hydrogen-bond donors (Lipinski definition) is 1. The quantitative estimate of drug-likeness (QED) is 0.605. The summed E-state index contributed by atoms with van der Waals surface area (Å²) < 4.78 is 50.0. The standard InChI is InChI=1S/C21H23ClF3NO3.C2H6/c1-28-18-6-3-14(11-19(18)29-2)13-26-9-7-20(27,8-10-26)15-4-5-17(22)16(12-15)21(23,24)25;1-2/h3-6,11-12,27H,7-10,13H2,1-2H3;1-2H3. The fourth-order valence-electron chi connectivity index (χ4n) is 3.64. The number of methoxy groups -OCH3 is 2. The molecule has 0 bridgehead atoms. The lowest BCUT2D eigenvalue weighted by molar-refractivity contribution is -0.137. The van der Waals surface area contributed by atoms with Gasteiger partial charge in [0.25, 0.3) is 0 Å². The van der Waals surface area contributed by atoms with Gasteiger partial charge in [0.05, 0.1) is 30.4 Å². The Morgan fingerprint density at radius 1 is 1.00 bits per heavy atom. The summed E-state index contributed by atoms with van der Waals surface area (Å²) in [6.07, 6.45) is -3.89. The summed E-state index contributed by atoms with van der Waals surface area (Å²) in [6, 6.07) is 9.31. The average molecular weight is 460 g/mol. The van der Waals surface area contributed by atoms with Crippen LogP contribution < -0.4 is 9.47 Å². The number of nitrogens with zero attached hydrogens (tertiary/aromatic N) is 1. The Balaban J connectivity index is 0.00000166. The molecule has 1 heterocycles. The summed E-state index contributed by atoms with van der Waals surface area (Å²) in [5.74, 6) is 1.28.